The molecule has 1 atom stereocenters. The molecule has 1 aliphatic rings. The molecule has 7 heteroatoms. The number of hydrogen-bond acceptors (Lipinski definition) is 5. The van der Waals surface area contributed by atoms with Gasteiger partial charge in [-0.15, -0.1) is 0 Å². The minimum atomic E-state index is -0.234. The third-order valence-corrected chi connectivity index (χ3v) is 3.84. The molecule has 1 aromatic heterocycles. The first-order chi connectivity index (χ1) is 11.2. The van der Waals surface area contributed by atoms with Crippen LogP contribution in [0.25, 0.3) is 0 Å². The SMILES string of the molecule is Cc1noc([C@@H]2CCCN(C(=O)NOCc3ccccc3)C2)n1. The van der Waals surface area contributed by atoms with Crippen LogP contribution < -0.4 is 5.48 Å². The fourth-order valence-electron chi connectivity index (χ4n) is 2.66. The van der Waals surface area contributed by atoms with E-state index in [0.29, 0.717) is 31.4 Å². The van der Waals surface area contributed by atoms with E-state index in [1.807, 2.05) is 30.3 Å². The average Bonchev–Trinajstić information content (AvgIpc) is 3.02. The molecule has 1 aromatic carbocycles. The van der Waals surface area contributed by atoms with Crippen LogP contribution in [-0.4, -0.2) is 34.2 Å². The van der Waals surface area contributed by atoms with Crippen LogP contribution >= 0.6 is 0 Å². The van der Waals surface area contributed by atoms with E-state index >= 15 is 0 Å². The Morgan fingerprint density at radius 3 is 3.00 bits per heavy atom. The van der Waals surface area contributed by atoms with Crippen LogP contribution in [0.2, 0.25) is 0 Å². The number of urea groups is 1. The molecule has 2 aromatic rings. The zero-order valence-corrected chi connectivity index (χ0v) is 13.1. The highest BCUT2D eigenvalue weighted by Gasteiger charge is 2.28. The van der Waals surface area contributed by atoms with Gasteiger partial charge in [-0.3, -0.25) is 4.84 Å². The van der Waals surface area contributed by atoms with Crippen molar-refractivity contribution in [2.75, 3.05) is 13.1 Å². The number of carbonyl (C=O) groups excluding carboxylic acids is 1. The third-order valence-electron chi connectivity index (χ3n) is 3.84. The second-order valence-corrected chi connectivity index (χ2v) is 5.65. The Bertz CT molecular complexity index is 644. The number of aryl methyl sites for hydroxylation is 1. The standard InChI is InChI=1S/C16H20N4O3/c1-12-17-15(23-18-12)14-8-5-9-20(10-14)16(21)19-22-11-13-6-3-2-4-7-13/h2-4,6-7,14H,5,8-11H2,1H3,(H,19,21)/t14-/m1/s1. The molecule has 0 aliphatic carbocycles. The lowest BCUT2D eigenvalue weighted by Crippen LogP contribution is -2.44. The number of rotatable bonds is 4. The van der Waals surface area contributed by atoms with Gasteiger partial charge in [0.05, 0.1) is 12.5 Å². The predicted octanol–water partition coefficient (Wildman–Crippen LogP) is 2.40. The van der Waals surface area contributed by atoms with Gasteiger partial charge in [-0.25, -0.2) is 10.3 Å². The summed E-state index contributed by atoms with van der Waals surface area (Å²) in [6.07, 6.45) is 1.84. The molecule has 1 fully saturated rings. The number of hydrogen-bond donors (Lipinski definition) is 1. The molecule has 2 heterocycles. The molecule has 2 amide bonds. The van der Waals surface area contributed by atoms with E-state index < -0.39 is 0 Å². The average molecular weight is 316 g/mol. The number of aromatic nitrogens is 2. The molecule has 1 N–H and O–H groups in total. The summed E-state index contributed by atoms with van der Waals surface area (Å²) in [6.45, 7) is 3.39. The number of nitrogens with one attached hydrogen (secondary N) is 1. The van der Waals surface area contributed by atoms with Crippen molar-refractivity contribution in [2.45, 2.75) is 32.3 Å². The van der Waals surface area contributed by atoms with E-state index in [-0.39, 0.29) is 11.9 Å². The van der Waals surface area contributed by atoms with Crippen molar-refractivity contribution in [3.63, 3.8) is 0 Å². The first-order valence-electron chi connectivity index (χ1n) is 7.73. The third kappa shape index (κ3) is 4.07. The maximum absolute atomic E-state index is 12.2. The van der Waals surface area contributed by atoms with Crippen LogP contribution in [0.5, 0.6) is 0 Å². The summed E-state index contributed by atoms with van der Waals surface area (Å²) < 4.78 is 5.22. The van der Waals surface area contributed by atoms with Crippen molar-refractivity contribution in [3.05, 3.63) is 47.6 Å². The van der Waals surface area contributed by atoms with Gasteiger partial charge in [-0.2, -0.15) is 4.98 Å². The topological polar surface area (TPSA) is 80.5 Å². The van der Waals surface area contributed by atoms with E-state index in [9.17, 15) is 4.79 Å². The van der Waals surface area contributed by atoms with Gasteiger partial charge in [-0.1, -0.05) is 35.5 Å². The number of nitrogens with zero attached hydrogens (tertiary/aromatic N) is 3. The van der Waals surface area contributed by atoms with E-state index in [0.717, 1.165) is 18.4 Å². The lowest BCUT2D eigenvalue weighted by Gasteiger charge is -2.30. The summed E-state index contributed by atoms with van der Waals surface area (Å²) in [7, 11) is 0. The van der Waals surface area contributed by atoms with E-state index in [4.69, 9.17) is 9.36 Å². The minimum absolute atomic E-state index is 0.0878. The first-order valence-corrected chi connectivity index (χ1v) is 7.73. The minimum Gasteiger partial charge on any atom is -0.339 e. The fourth-order valence-corrected chi connectivity index (χ4v) is 2.66. The van der Waals surface area contributed by atoms with E-state index in [1.54, 1.807) is 11.8 Å². The monoisotopic (exact) mass is 316 g/mol. The molecule has 1 aliphatic heterocycles. The summed E-state index contributed by atoms with van der Waals surface area (Å²) in [5.74, 6) is 1.31. The van der Waals surface area contributed by atoms with Gasteiger partial charge >= 0.3 is 6.03 Å². The Kier molecular flexibility index (Phi) is 4.87. The van der Waals surface area contributed by atoms with Gasteiger partial charge < -0.3 is 9.42 Å². The molecule has 0 spiro atoms. The number of likely N-dealkylation sites (tertiary alicyclic amines) is 1. The zero-order valence-electron chi connectivity index (χ0n) is 13.1. The highest BCUT2D eigenvalue weighted by molar-refractivity contribution is 5.73. The summed E-state index contributed by atoms with van der Waals surface area (Å²) >= 11 is 0. The molecular formula is C16H20N4O3. The van der Waals surface area contributed by atoms with Gasteiger partial charge in [0.1, 0.15) is 0 Å². The van der Waals surface area contributed by atoms with Gasteiger partial charge in [0, 0.05) is 13.1 Å². The Hall–Kier alpha value is -2.41. The molecule has 3 rings (SSSR count). The molecule has 0 radical (unpaired) electrons. The zero-order chi connectivity index (χ0) is 16.1. The molecule has 0 unspecified atom stereocenters. The van der Waals surface area contributed by atoms with E-state index in [1.165, 1.54) is 0 Å². The Labute approximate surface area is 134 Å². The number of hydroxylamine groups is 1. The lowest BCUT2D eigenvalue weighted by molar-refractivity contribution is 0.0331. The number of benzene rings is 1. The lowest BCUT2D eigenvalue weighted by atomic mass is 9.98. The summed E-state index contributed by atoms with van der Waals surface area (Å²) in [5, 5.41) is 3.82. The molecule has 122 valence electrons. The van der Waals surface area contributed by atoms with Crippen LogP contribution in [0.4, 0.5) is 4.79 Å². The van der Waals surface area contributed by atoms with Crippen molar-refractivity contribution < 1.29 is 14.2 Å². The summed E-state index contributed by atoms with van der Waals surface area (Å²) in [5.41, 5.74) is 3.50. The predicted molar refractivity (Wildman–Crippen MR) is 82.3 cm³/mol. The Balaban J connectivity index is 1.49. The molecule has 23 heavy (non-hydrogen) atoms. The first kappa shape index (κ1) is 15.5. The number of piperidine rings is 1. The molecule has 7 nitrogen and oxygen atoms in total. The van der Waals surface area contributed by atoms with Gasteiger partial charge in [0.25, 0.3) is 0 Å². The van der Waals surface area contributed by atoms with Crippen molar-refractivity contribution >= 4 is 6.03 Å². The second kappa shape index (κ2) is 7.23. The highest BCUT2D eigenvalue weighted by atomic mass is 16.7. The fraction of sp³-hybridized carbons (Fsp3) is 0.438. The van der Waals surface area contributed by atoms with Gasteiger partial charge in [-0.05, 0) is 25.3 Å². The number of carbonyl (C=O) groups is 1. The van der Waals surface area contributed by atoms with Gasteiger partial charge in [0.15, 0.2) is 5.82 Å². The Morgan fingerprint density at radius 2 is 2.26 bits per heavy atom. The van der Waals surface area contributed by atoms with Crippen LogP contribution in [0.15, 0.2) is 34.9 Å². The second-order valence-electron chi connectivity index (χ2n) is 5.65. The van der Waals surface area contributed by atoms with Crippen molar-refractivity contribution in [1.82, 2.24) is 20.5 Å². The van der Waals surface area contributed by atoms with Crippen molar-refractivity contribution in [1.29, 1.82) is 0 Å². The van der Waals surface area contributed by atoms with Crippen LogP contribution in [0.1, 0.15) is 36.0 Å². The maximum Gasteiger partial charge on any atom is 0.341 e. The molecule has 0 saturated carbocycles. The summed E-state index contributed by atoms with van der Waals surface area (Å²) in [4.78, 5) is 23.5. The largest absolute Gasteiger partial charge is 0.341 e. The smallest absolute Gasteiger partial charge is 0.339 e. The summed E-state index contributed by atoms with van der Waals surface area (Å²) in [6, 6.07) is 9.46. The van der Waals surface area contributed by atoms with E-state index in [2.05, 4.69) is 15.6 Å². The molecule has 0 bridgehead atoms. The Morgan fingerprint density at radius 1 is 1.43 bits per heavy atom. The normalized spacial score (nSPS) is 18.0. The van der Waals surface area contributed by atoms with Crippen LogP contribution in [0.3, 0.4) is 0 Å². The maximum atomic E-state index is 12.2. The molecule has 1 saturated heterocycles. The molecular weight excluding hydrogens is 296 g/mol. The van der Waals surface area contributed by atoms with Gasteiger partial charge in [0.2, 0.25) is 5.89 Å². The number of amides is 2. The van der Waals surface area contributed by atoms with Crippen LogP contribution in [-0.2, 0) is 11.4 Å². The quantitative estimate of drug-likeness (QED) is 0.876. The van der Waals surface area contributed by atoms with Crippen LogP contribution in [0, 0.1) is 6.92 Å². The highest BCUT2D eigenvalue weighted by Crippen LogP contribution is 2.25. The van der Waals surface area contributed by atoms with Crippen molar-refractivity contribution in [3.8, 4) is 0 Å². The van der Waals surface area contributed by atoms with Crippen molar-refractivity contribution in [2.24, 2.45) is 0 Å².